The first-order valence-corrected chi connectivity index (χ1v) is 14.3. The molecule has 0 atom stereocenters. The van der Waals surface area contributed by atoms with Gasteiger partial charge in [-0.1, -0.05) is 30.3 Å². The summed E-state index contributed by atoms with van der Waals surface area (Å²) >= 11 is 0. The summed E-state index contributed by atoms with van der Waals surface area (Å²) in [6.07, 6.45) is 1.23. The van der Waals surface area contributed by atoms with Gasteiger partial charge in [-0.2, -0.15) is 0 Å². The monoisotopic (exact) mass is 615 g/mol. The van der Waals surface area contributed by atoms with Gasteiger partial charge in [0.15, 0.2) is 0 Å². The number of hydrogen-bond acceptors (Lipinski definition) is 6. The molecule has 4 aromatic rings. The van der Waals surface area contributed by atoms with Gasteiger partial charge in [-0.05, 0) is 79.3 Å². The minimum absolute atomic E-state index is 0.147. The van der Waals surface area contributed by atoms with Crippen molar-refractivity contribution in [3.8, 4) is 28.0 Å². The molecule has 3 aromatic carbocycles. The number of nitrogens with two attached hydrogens (primary N) is 1. The molecule has 1 aromatic heterocycles. The molecule has 0 aliphatic heterocycles. The smallest absolute Gasteiger partial charge is 0.330 e. The van der Waals surface area contributed by atoms with Crippen LogP contribution in [0.3, 0.4) is 0 Å². The number of hydrogen-bond donors (Lipinski definition) is 3. The van der Waals surface area contributed by atoms with Crippen molar-refractivity contribution in [3.63, 3.8) is 0 Å². The van der Waals surface area contributed by atoms with Crippen LogP contribution in [0.5, 0.6) is 5.75 Å². The van der Waals surface area contributed by atoms with E-state index in [4.69, 9.17) is 10.5 Å². The number of carbonyl (C=O) groups is 2. The maximum atomic E-state index is 15.5. The summed E-state index contributed by atoms with van der Waals surface area (Å²) in [7, 11) is 4.27. The molecule has 236 valence electrons. The Hall–Kier alpha value is -5.03. The number of aryl methyl sites for hydroxylation is 1. The fourth-order valence-electron chi connectivity index (χ4n) is 5.16. The van der Waals surface area contributed by atoms with E-state index in [1.54, 1.807) is 32.0 Å². The lowest BCUT2D eigenvalue weighted by molar-refractivity contribution is -0.125. The van der Waals surface area contributed by atoms with Gasteiger partial charge in [-0.25, -0.2) is 9.18 Å². The van der Waals surface area contributed by atoms with Gasteiger partial charge in [0.2, 0.25) is 5.91 Å². The molecular weight excluding hydrogens is 577 g/mol. The zero-order valence-electron chi connectivity index (χ0n) is 26.5. The average molecular weight is 616 g/mol. The van der Waals surface area contributed by atoms with Gasteiger partial charge in [-0.3, -0.25) is 19.0 Å². The molecule has 0 saturated heterocycles. The molecule has 45 heavy (non-hydrogen) atoms. The number of carbonyl (C=O) groups excluding carboxylic acids is 2. The van der Waals surface area contributed by atoms with E-state index in [2.05, 4.69) is 10.6 Å². The van der Waals surface area contributed by atoms with Crippen LogP contribution in [0, 0.1) is 25.1 Å². The molecule has 0 bridgehead atoms. The first-order chi connectivity index (χ1) is 21.2. The molecule has 0 saturated carbocycles. The van der Waals surface area contributed by atoms with Crippen LogP contribution in [0.1, 0.15) is 40.9 Å². The van der Waals surface area contributed by atoms with Crippen LogP contribution in [-0.2, 0) is 25.4 Å². The maximum Gasteiger partial charge on any atom is 0.330 e. The molecular formula is C34H38FN5O5. The van der Waals surface area contributed by atoms with Gasteiger partial charge in [0.05, 0.1) is 12.5 Å². The number of anilines is 1. The first-order valence-electron chi connectivity index (χ1n) is 14.3. The highest BCUT2D eigenvalue weighted by Gasteiger charge is 2.25. The predicted molar refractivity (Wildman–Crippen MR) is 173 cm³/mol. The van der Waals surface area contributed by atoms with Crippen LogP contribution in [0.2, 0.25) is 0 Å². The summed E-state index contributed by atoms with van der Waals surface area (Å²) in [6, 6.07) is 14.4. The molecule has 0 radical (unpaired) electrons. The molecule has 0 unspecified atom stereocenters. The van der Waals surface area contributed by atoms with Crippen molar-refractivity contribution in [1.29, 1.82) is 0 Å². The van der Waals surface area contributed by atoms with Crippen molar-refractivity contribution in [3.05, 3.63) is 104 Å². The lowest BCUT2D eigenvalue weighted by Gasteiger charge is -2.22. The lowest BCUT2D eigenvalue weighted by Crippen LogP contribution is -2.40. The summed E-state index contributed by atoms with van der Waals surface area (Å²) in [5.74, 6) is -1.17. The standard InChI is InChI=1S/C34H38FN5O5/c1-19-22(21-14-27(35)25(29(15-21)45-7)16-37-18-34(3,4)32(36)43)10-8-11-23(19)24-12-9-13-28(20(24)2)38-30(41)26-17-39(5)33(44)40(6)31(26)42/h8-15,17,37H,16,18H2,1-7H3,(H2,36,43)(H,38,41). The third kappa shape index (κ3) is 6.58. The van der Waals surface area contributed by atoms with E-state index in [0.29, 0.717) is 22.6 Å². The van der Waals surface area contributed by atoms with E-state index < -0.39 is 34.3 Å². The van der Waals surface area contributed by atoms with Gasteiger partial charge in [0.1, 0.15) is 17.1 Å². The van der Waals surface area contributed by atoms with Crippen molar-refractivity contribution in [2.24, 2.45) is 25.2 Å². The SMILES string of the molecule is COc1cc(-c2cccc(-c3cccc(NC(=O)c4cn(C)c(=O)n(C)c4=O)c3C)c2C)cc(F)c1CNCC(C)(C)C(N)=O. The molecule has 11 heteroatoms. The minimum Gasteiger partial charge on any atom is -0.496 e. The Balaban J connectivity index is 1.67. The first kappa shape index (κ1) is 32.9. The van der Waals surface area contributed by atoms with Crippen LogP contribution >= 0.6 is 0 Å². The number of nitrogens with one attached hydrogen (secondary N) is 2. The number of nitrogens with zero attached hydrogens (tertiary/aromatic N) is 2. The Bertz CT molecular complexity index is 1930. The van der Waals surface area contributed by atoms with Crippen LogP contribution < -0.4 is 32.4 Å². The summed E-state index contributed by atoms with van der Waals surface area (Å²) in [5.41, 5.74) is 8.89. The Morgan fingerprint density at radius 1 is 0.978 bits per heavy atom. The van der Waals surface area contributed by atoms with E-state index in [1.165, 1.54) is 38.0 Å². The maximum absolute atomic E-state index is 15.5. The van der Waals surface area contributed by atoms with E-state index in [0.717, 1.165) is 32.4 Å². The summed E-state index contributed by atoms with van der Waals surface area (Å²) in [6.45, 7) is 7.66. The Morgan fingerprint density at radius 3 is 2.24 bits per heavy atom. The number of rotatable bonds is 10. The van der Waals surface area contributed by atoms with Crippen molar-refractivity contribution in [2.45, 2.75) is 34.2 Å². The lowest BCUT2D eigenvalue weighted by atomic mass is 9.90. The highest BCUT2D eigenvalue weighted by atomic mass is 19.1. The zero-order chi connectivity index (χ0) is 33.2. The van der Waals surface area contributed by atoms with Crippen molar-refractivity contribution >= 4 is 17.5 Å². The van der Waals surface area contributed by atoms with Crippen molar-refractivity contribution in [1.82, 2.24) is 14.5 Å². The number of halogens is 1. The van der Waals surface area contributed by atoms with Gasteiger partial charge in [0.25, 0.3) is 11.5 Å². The Morgan fingerprint density at radius 2 is 1.60 bits per heavy atom. The highest BCUT2D eigenvalue weighted by molar-refractivity contribution is 6.04. The second-order valence-electron chi connectivity index (χ2n) is 11.7. The summed E-state index contributed by atoms with van der Waals surface area (Å²) < 4.78 is 23.1. The number of benzene rings is 3. The van der Waals surface area contributed by atoms with E-state index in [1.807, 2.05) is 38.1 Å². The summed E-state index contributed by atoms with van der Waals surface area (Å²) in [4.78, 5) is 49.4. The van der Waals surface area contributed by atoms with Crippen molar-refractivity contribution in [2.75, 3.05) is 19.0 Å². The van der Waals surface area contributed by atoms with Crippen molar-refractivity contribution < 1.29 is 18.7 Å². The second kappa shape index (κ2) is 12.9. The highest BCUT2D eigenvalue weighted by Crippen LogP contribution is 2.37. The van der Waals surface area contributed by atoms with Gasteiger partial charge in [-0.15, -0.1) is 0 Å². The number of methoxy groups -OCH3 is 1. The van der Waals surface area contributed by atoms with Crippen LogP contribution in [0.15, 0.2) is 64.3 Å². The Kier molecular flexibility index (Phi) is 9.43. The van der Waals surface area contributed by atoms with Crippen LogP contribution in [0.25, 0.3) is 22.3 Å². The number of aromatic nitrogens is 2. The van der Waals surface area contributed by atoms with E-state index >= 15 is 4.39 Å². The largest absolute Gasteiger partial charge is 0.496 e. The Labute approximate surface area is 260 Å². The quantitative estimate of drug-likeness (QED) is 0.246. The molecule has 0 aliphatic carbocycles. The average Bonchev–Trinajstić information content (AvgIpc) is 2.99. The van der Waals surface area contributed by atoms with Crippen LogP contribution in [-0.4, -0.2) is 34.6 Å². The normalized spacial score (nSPS) is 11.4. The molecule has 4 N–H and O–H groups in total. The fourth-order valence-corrected chi connectivity index (χ4v) is 5.16. The second-order valence-corrected chi connectivity index (χ2v) is 11.7. The molecule has 0 spiro atoms. The fraction of sp³-hybridized carbons (Fsp3) is 0.294. The van der Waals surface area contributed by atoms with Gasteiger partial charge in [0, 0.05) is 44.6 Å². The number of ether oxygens (including phenoxy) is 1. The zero-order valence-corrected chi connectivity index (χ0v) is 26.5. The third-order valence-electron chi connectivity index (χ3n) is 8.12. The molecule has 2 amide bonds. The summed E-state index contributed by atoms with van der Waals surface area (Å²) in [5, 5.41) is 5.91. The molecule has 0 fully saturated rings. The molecule has 10 nitrogen and oxygen atoms in total. The number of amides is 2. The topological polar surface area (TPSA) is 137 Å². The number of primary amides is 1. The molecule has 1 heterocycles. The molecule has 4 rings (SSSR count). The predicted octanol–water partition coefficient (Wildman–Crippen LogP) is 4.04. The van der Waals surface area contributed by atoms with Gasteiger partial charge >= 0.3 is 5.69 Å². The molecule has 0 aliphatic rings. The van der Waals surface area contributed by atoms with E-state index in [-0.39, 0.29) is 18.7 Å². The third-order valence-corrected chi connectivity index (χ3v) is 8.12. The van der Waals surface area contributed by atoms with Gasteiger partial charge < -0.3 is 25.7 Å². The van der Waals surface area contributed by atoms with Crippen LogP contribution in [0.4, 0.5) is 10.1 Å². The van der Waals surface area contributed by atoms with E-state index in [9.17, 15) is 19.2 Å². The minimum atomic E-state index is -0.794.